The number of nitrogens with one attached hydrogen (secondary N) is 1. The minimum atomic E-state index is -2.29. The minimum Gasteiger partial charge on any atom is -0.508 e. The molecule has 0 aliphatic heterocycles. The molecule has 0 bridgehead atoms. The van der Waals surface area contributed by atoms with E-state index in [4.69, 9.17) is 21.2 Å². The molecule has 0 amide bonds. The van der Waals surface area contributed by atoms with Crippen LogP contribution in [0.25, 0.3) is 0 Å². The zero-order valence-electron chi connectivity index (χ0n) is 10.8. The van der Waals surface area contributed by atoms with Crippen molar-refractivity contribution < 1.29 is 5.11 Å². The molecule has 0 spiro atoms. The van der Waals surface area contributed by atoms with Gasteiger partial charge in [-0.25, -0.2) is 0 Å². The highest BCUT2D eigenvalue weighted by Gasteiger charge is 2.36. The van der Waals surface area contributed by atoms with Crippen molar-refractivity contribution >= 4 is 12.1 Å². The second kappa shape index (κ2) is 7.47. The number of rotatable bonds is 5. The van der Waals surface area contributed by atoms with E-state index in [9.17, 15) is 5.11 Å². The van der Waals surface area contributed by atoms with Crippen LogP contribution in [0.4, 0.5) is 0 Å². The van der Waals surface area contributed by atoms with E-state index in [1.165, 1.54) is 25.3 Å². The third-order valence-corrected chi connectivity index (χ3v) is 2.18. The maximum atomic E-state index is 9.62. The summed E-state index contributed by atoms with van der Waals surface area (Å²) in [5, 5.41) is 48.6. The van der Waals surface area contributed by atoms with Crippen molar-refractivity contribution in [1.82, 2.24) is 5.01 Å². The van der Waals surface area contributed by atoms with Crippen molar-refractivity contribution in [3.63, 3.8) is 0 Å². The van der Waals surface area contributed by atoms with Crippen LogP contribution in [-0.2, 0) is 0 Å². The number of unbranched alkanes of at least 4 members (excludes halogenated alkanes) is 1. The van der Waals surface area contributed by atoms with Crippen molar-refractivity contribution in [2.45, 2.75) is 19.8 Å². The zero-order valence-corrected chi connectivity index (χ0v) is 10.8. The van der Waals surface area contributed by atoms with Crippen molar-refractivity contribution in [3.05, 3.63) is 11.8 Å². The topological polar surface area (TPSA) is 131 Å². The predicted molar refractivity (Wildman–Crippen MR) is 68.9 cm³/mol. The maximum absolute atomic E-state index is 9.62. The molecule has 0 unspecified atom stereocenters. The van der Waals surface area contributed by atoms with Gasteiger partial charge in [0.25, 0.3) is 5.41 Å². The van der Waals surface area contributed by atoms with Gasteiger partial charge in [0.2, 0.25) is 0 Å². The third-order valence-electron chi connectivity index (χ3n) is 2.18. The fourth-order valence-electron chi connectivity index (χ4n) is 0.950. The molecule has 0 saturated heterocycles. The summed E-state index contributed by atoms with van der Waals surface area (Å²) in [5.41, 5.74) is -2.29. The maximum Gasteiger partial charge on any atom is 0.284 e. The Balaban J connectivity index is 5.07. The molecule has 0 fully saturated rings. The lowest BCUT2D eigenvalue weighted by Crippen LogP contribution is -2.23. The summed E-state index contributed by atoms with van der Waals surface area (Å²) >= 11 is 0. The summed E-state index contributed by atoms with van der Waals surface area (Å²) in [7, 11) is 1.48. The number of allylic oxidation sites excluding steroid dienone is 1. The van der Waals surface area contributed by atoms with Gasteiger partial charge < -0.3 is 5.11 Å². The molecular formula is C12H14N6O. The average Bonchev–Trinajstić information content (AvgIpc) is 2.41. The Kier molecular flexibility index (Phi) is 6.35. The first-order valence-corrected chi connectivity index (χ1v) is 5.47. The fourth-order valence-corrected chi connectivity index (χ4v) is 0.950. The number of nitrogens with zero attached hydrogens (tertiary/aromatic N) is 5. The quantitative estimate of drug-likeness (QED) is 0.335. The van der Waals surface area contributed by atoms with Crippen LogP contribution in [0.3, 0.4) is 0 Å². The fraction of sp³-hybridized carbons (Fsp3) is 0.417. The van der Waals surface area contributed by atoms with Gasteiger partial charge in [-0.2, -0.15) is 20.9 Å². The monoisotopic (exact) mass is 258 g/mol. The van der Waals surface area contributed by atoms with Gasteiger partial charge in [-0.05, 0) is 6.42 Å². The van der Waals surface area contributed by atoms with Crippen LogP contribution in [0.1, 0.15) is 19.8 Å². The second-order valence-corrected chi connectivity index (χ2v) is 3.61. The van der Waals surface area contributed by atoms with E-state index in [1.807, 2.05) is 6.92 Å². The summed E-state index contributed by atoms with van der Waals surface area (Å²) in [4.78, 5) is 0. The summed E-state index contributed by atoms with van der Waals surface area (Å²) in [5.74, 6) is -1.03. The number of hydrogen-bond acceptors (Lipinski definition) is 6. The molecule has 7 heteroatoms. The SMILES string of the molecule is CCC/C=N\N(C)C(=N)C=C(O)C(C#N)(C#N)C#N. The van der Waals surface area contributed by atoms with Gasteiger partial charge in [0.1, 0.15) is 29.8 Å². The van der Waals surface area contributed by atoms with Gasteiger partial charge in [0.15, 0.2) is 0 Å². The molecule has 0 aromatic carbocycles. The van der Waals surface area contributed by atoms with E-state index in [1.54, 1.807) is 6.21 Å². The van der Waals surface area contributed by atoms with E-state index < -0.39 is 11.2 Å². The molecular weight excluding hydrogens is 244 g/mol. The molecule has 0 atom stereocenters. The van der Waals surface area contributed by atoms with Crippen molar-refractivity contribution in [1.29, 1.82) is 21.2 Å². The smallest absolute Gasteiger partial charge is 0.284 e. The molecule has 7 nitrogen and oxygen atoms in total. The largest absolute Gasteiger partial charge is 0.508 e. The first kappa shape index (κ1) is 16.1. The molecule has 0 aliphatic rings. The van der Waals surface area contributed by atoms with E-state index in [0.717, 1.165) is 23.9 Å². The molecule has 0 aromatic heterocycles. The number of aliphatic hydroxyl groups is 1. The minimum absolute atomic E-state index is 0.241. The molecule has 0 saturated carbocycles. The van der Waals surface area contributed by atoms with Crippen LogP contribution in [0.15, 0.2) is 16.9 Å². The molecule has 0 heterocycles. The Hall–Kier alpha value is -2.85. The first-order chi connectivity index (χ1) is 8.97. The Morgan fingerprint density at radius 2 is 1.89 bits per heavy atom. The van der Waals surface area contributed by atoms with E-state index in [0.29, 0.717) is 0 Å². The highest BCUT2D eigenvalue weighted by atomic mass is 16.3. The van der Waals surface area contributed by atoms with Crippen LogP contribution < -0.4 is 0 Å². The first-order valence-electron chi connectivity index (χ1n) is 5.47. The third kappa shape index (κ3) is 4.14. The van der Waals surface area contributed by atoms with E-state index in [-0.39, 0.29) is 5.84 Å². The van der Waals surface area contributed by atoms with Gasteiger partial charge >= 0.3 is 0 Å². The number of aliphatic hydroxyl groups excluding tert-OH is 1. The molecule has 0 aromatic rings. The van der Waals surface area contributed by atoms with Crippen LogP contribution in [-0.4, -0.2) is 29.2 Å². The molecule has 0 aliphatic carbocycles. The lowest BCUT2D eigenvalue weighted by atomic mass is 9.91. The average molecular weight is 258 g/mol. The molecule has 2 N–H and O–H groups in total. The summed E-state index contributed by atoms with van der Waals surface area (Å²) in [6.07, 6.45) is 4.11. The number of likely N-dealkylation sites (N-methyl/N-ethyl adjacent to an activating group) is 1. The molecule has 0 rings (SSSR count). The summed E-state index contributed by atoms with van der Waals surface area (Å²) in [6.45, 7) is 1.98. The Morgan fingerprint density at radius 1 is 1.37 bits per heavy atom. The van der Waals surface area contributed by atoms with Gasteiger partial charge in [-0.1, -0.05) is 13.3 Å². The number of hydrogen-bond donors (Lipinski definition) is 2. The van der Waals surface area contributed by atoms with E-state index >= 15 is 0 Å². The lowest BCUT2D eigenvalue weighted by molar-refractivity contribution is 0.354. The molecule has 19 heavy (non-hydrogen) atoms. The summed E-state index contributed by atoms with van der Waals surface area (Å²) in [6, 6.07) is 4.25. The van der Waals surface area contributed by atoms with Crippen LogP contribution >= 0.6 is 0 Å². The van der Waals surface area contributed by atoms with Crippen molar-refractivity contribution in [2.75, 3.05) is 7.05 Å². The van der Waals surface area contributed by atoms with Crippen LogP contribution in [0.2, 0.25) is 0 Å². The Bertz CT molecular complexity index is 478. The van der Waals surface area contributed by atoms with Crippen LogP contribution in [0.5, 0.6) is 0 Å². The number of hydrazone groups is 1. The molecule has 0 radical (unpaired) electrons. The zero-order chi connectivity index (χ0) is 14.9. The highest BCUT2D eigenvalue weighted by molar-refractivity contribution is 5.91. The lowest BCUT2D eigenvalue weighted by Gasteiger charge is -2.13. The van der Waals surface area contributed by atoms with Gasteiger partial charge in [-0.15, -0.1) is 0 Å². The van der Waals surface area contributed by atoms with Gasteiger partial charge in [-0.3, -0.25) is 10.4 Å². The Labute approximate surface area is 111 Å². The number of amidine groups is 1. The van der Waals surface area contributed by atoms with Gasteiger partial charge in [0, 0.05) is 19.3 Å². The van der Waals surface area contributed by atoms with Crippen molar-refractivity contribution in [2.24, 2.45) is 10.5 Å². The molecule has 98 valence electrons. The number of nitriles is 3. The van der Waals surface area contributed by atoms with E-state index in [2.05, 4.69) is 5.10 Å². The van der Waals surface area contributed by atoms with Crippen LogP contribution in [0, 0.1) is 44.8 Å². The standard InChI is InChI=1S/C12H14N6O/c1-3-4-5-17-18(2)11(16)6-10(19)12(7-13,8-14)9-15/h5-6,16,19H,3-4H2,1-2H3/b10-6?,16-11?,17-5-. The van der Waals surface area contributed by atoms with Crippen molar-refractivity contribution in [3.8, 4) is 18.2 Å². The predicted octanol–water partition coefficient (Wildman–Crippen LogP) is 1.68. The normalized spacial score (nSPS) is 11.4. The Morgan fingerprint density at radius 3 is 2.32 bits per heavy atom. The highest BCUT2D eigenvalue weighted by Crippen LogP contribution is 2.22. The van der Waals surface area contributed by atoms with Gasteiger partial charge in [0.05, 0.1) is 0 Å². The summed E-state index contributed by atoms with van der Waals surface area (Å²) < 4.78 is 0. The second-order valence-electron chi connectivity index (χ2n) is 3.61.